The zero-order valence-electron chi connectivity index (χ0n) is 11.3. The Labute approximate surface area is 121 Å². The zero-order valence-corrected chi connectivity index (χ0v) is 13.0. The number of carbonyl (C=O) groups is 1. The summed E-state index contributed by atoms with van der Waals surface area (Å²) in [4.78, 5) is 12.9. The number of anilines is 1. The number of nitrogens with one attached hydrogen (secondary N) is 1. The molecule has 5 heteroatoms. The molecule has 0 aliphatic carbocycles. The van der Waals surface area contributed by atoms with Gasteiger partial charge in [0.25, 0.3) is 5.91 Å². The minimum Gasteiger partial charge on any atom is -0.397 e. The number of benzene rings is 1. The molecular formula is C14H18N2OS2. The number of hydrogen-bond acceptors (Lipinski definition) is 4. The number of fused-ring (bicyclic) bond motifs is 1. The van der Waals surface area contributed by atoms with Crippen LogP contribution in [0.5, 0.6) is 0 Å². The van der Waals surface area contributed by atoms with E-state index < -0.39 is 0 Å². The Morgan fingerprint density at radius 3 is 2.89 bits per heavy atom. The molecule has 2 aromatic rings. The van der Waals surface area contributed by atoms with Crippen LogP contribution in [-0.4, -0.2) is 24.0 Å². The summed E-state index contributed by atoms with van der Waals surface area (Å²) in [7, 11) is 0. The number of aryl methyl sites for hydroxylation is 1. The fraction of sp³-hybridized carbons (Fsp3) is 0.357. The molecular weight excluding hydrogens is 276 g/mol. The average molecular weight is 294 g/mol. The van der Waals surface area contributed by atoms with E-state index >= 15 is 0 Å². The Morgan fingerprint density at radius 1 is 1.53 bits per heavy atom. The van der Waals surface area contributed by atoms with Crippen LogP contribution < -0.4 is 11.1 Å². The third kappa shape index (κ3) is 2.87. The van der Waals surface area contributed by atoms with Gasteiger partial charge >= 0.3 is 0 Å². The minimum atomic E-state index is -0.0698. The van der Waals surface area contributed by atoms with E-state index in [1.807, 2.05) is 38.3 Å². The van der Waals surface area contributed by atoms with Crippen LogP contribution >= 0.6 is 23.1 Å². The molecule has 1 heterocycles. The second-order valence-electron chi connectivity index (χ2n) is 4.63. The molecule has 0 radical (unpaired) electrons. The third-order valence-electron chi connectivity index (χ3n) is 2.95. The molecule has 3 nitrogen and oxygen atoms in total. The Hall–Kier alpha value is -1.20. The highest BCUT2D eigenvalue weighted by Crippen LogP contribution is 2.35. The van der Waals surface area contributed by atoms with Crippen LogP contribution in [0, 0.1) is 6.92 Å². The van der Waals surface area contributed by atoms with Gasteiger partial charge in [-0.15, -0.1) is 11.3 Å². The molecule has 0 saturated heterocycles. The summed E-state index contributed by atoms with van der Waals surface area (Å²) in [6.45, 7) is 4.04. The number of hydrogen-bond donors (Lipinski definition) is 2. The smallest absolute Gasteiger partial charge is 0.263 e. The highest BCUT2D eigenvalue weighted by atomic mass is 32.2. The molecule has 19 heavy (non-hydrogen) atoms. The van der Waals surface area contributed by atoms with E-state index in [-0.39, 0.29) is 11.9 Å². The maximum atomic E-state index is 12.2. The minimum absolute atomic E-state index is 0.0698. The number of carbonyl (C=O) groups excluding carboxylic acids is 1. The number of amides is 1. The zero-order chi connectivity index (χ0) is 14.0. The summed E-state index contributed by atoms with van der Waals surface area (Å²) in [6.07, 6.45) is 2.03. The van der Waals surface area contributed by atoms with Crippen molar-refractivity contribution in [3.8, 4) is 0 Å². The fourth-order valence-corrected chi connectivity index (χ4v) is 3.71. The lowest BCUT2D eigenvalue weighted by molar-refractivity contribution is 0.0948. The molecule has 1 aromatic carbocycles. The molecule has 1 amide bonds. The van der Waals surface area contributed by atoms with Gasteiger partial charge in [0.2, 0.25) is 0 Å². The Morgan fingerprint density at radius 2 is 2.26 bits per heavy atom. The van der Waals surface area contributed by atoms with Gasteiger partial charge in [0.1, 0.15) is 4.88 Å². The molecule has 102 valence electrons. The second kappa shape index (κ2) is 5.84. The maximum absolute atomic E-state index is 12.2. The summed E-state index contributed by atoms with van der Waals surface area (Å²) in [5.74, 6) is 0.829. The van der Waals surface area contributed by atoms with E-state index in [2.05, 4.69) is 5.32 Å². The SMILES string of the molecule is CSCC(C)NC(=O)c1sc2c(C)cccc2c1N. The fourth-order valence-electron chi connectivity index (χ4n) is 2.03. The first-order chi connectivity index (χ1) is 9.04. The molecule has 2 rings (SSSR count). The highest BCUT2D eigenvalue weighted by Gasteiger charge is 2.18. The molecule has 0 spiro atoms. The van der Waals surface area contributed by atoms with Crippen molar-refractivity contribution in [3.05, 3.63) is 28.6 Å². The van der Waals surface area contributed by atoms with Crippen molar-refractivity contribution in [3.63, 3.8) is 0 Å². The first kappa shape index (κ1) is 14.2. The Bertz CT molecular complexity index is 607. The van der Waals surface area contributed by atoms with Crippen molar-refractivity contribution in [2.75, 3.05) is 17.7 Å². The number of thioether (sulfide) groups is 1. The summed E-state index contributed by atoms with van der Waals surface area (Å²) in [5.41, 5.74) is 7.86. The summed E-state index contributed by atoms with van der Waals surface area (Å²) < 4.78 is 1.10. The van der Waals surface area contributed by atoms with Gasteiger partial charge in [-0.3, -0.25) is 4.79 Å². The number of nitrogens with two attached hydrogens (primary N) is 1. The van der Waals surface area contributed by atoms with Crippen molar-refractivity contribution in [1.82, 2.24) is 5.32 Å². The Balaban J connectivity index is 2.32. The molecule has 0 aliphatic rings. The van der Waals surface area contributed by atoms with E-state index in [9.17, 15) is 4.79 Å². The normalized spacial score (nSPS) is 12.6. The number of rotatable bonds is 4. The number of nitrogen functional groups attached to an aromatic ring is 1. The monoisotopic (exact) mass is 294 g/mol. The molecule has 0 fully saturated rings. The molecule has 1 unspecified atom stereocenters. The van der Waals surface area contributed by atoms with E-state index in [1.165, 1.54) is 11.3 Å². The molecule has 0 aliphatic heterocycles. The molecule has 0 saturated carbocycles. The van der Waals surface area contributed by atoms with Crippen LogP contribution in [0.3, 0.4) is 0 Å². The van der Waals surface area contributed by atoms with Crippen LogP contribution in [0.1, 0.15) is 22.2 Å². The molecule has 1 atom stereocenters. The Kier molecular flexibility index (Phi) is 4.37. The first-order valence-corrected chi connectivity index (χ1v) is 8.33. The van der Waals surface area contributed by atoms with Gasteiger partial charge in [-0.05, 0) is 25.7 Å². The van der Waals surface area contributed by atoms with Gasteiger partial charge < -0.3 is 11.1 Å². The largest absolute Gasteiger partial charge is 0.397 e. The van der Waals surface area contributed by atoms with Crippen LogP contribution in [-0.2, 0) is 0 Å². The van der Waals surface area contributed by atoms with Gasteiger partial charge in [0.15, 0.2) is 0 Å². The van der Waals surface area contributed by atoms with Gasteiger partial charge in [-0.2, -0.15) is 11.8 Å². The van der Waals surface area contributed by atoms with Gasteiger partial charge in [-0.25, -0.2) is 0 Å². The second-order valence-corrected chi connectivity index (χ2v) is 6.56. The van der Waals surface area contributed by atoms with Crippen molar-refractivity contribution in [2.24, 2.45) is 0 Å². The number of thiophene rings is 1. The molecule has 0 bridgehead atoms. The summed E-state index contributed by atoms with van der Waals surface area (Å²) in [6, 6.07) is 6.12. The van der Waals surface area contributed by atoms with Crippen LogP contribution in [0.2, 0.25) is 0 Å². The van der Waals surface area contributed by atoms with E-state index in [0.717, 1.165) is 21.4 Å². The van der Waals surface area contributed by atoms with Crippen LogP contribution in [0.25, 0.3) is 10.1 Å². The van der Waals surface area contributed by atoms with Gasteiger partial charge in [-0.1, -0.05) is 18.2 Å². The average Bonchev–Trinajstić information content (AvgIpc) is 2.69. The standard InChI is InChI=1S/C14H18N2OS2/c1-8-5-4-6-10-11(15)13(19-12(8)10)14(17)16-9(2)7-18-3/h4-6,9H,7,15H2,1-3H3,(H,16,17). The predicted octanol–water partition coefficient (Wildman–Crippen LogP) is 3.27. The van der Waals surface area contributed by atoms with Gasteiger partial charge in [0, 0.05) is 21.9 Å². The third-order valence-corrected chi connectivity index (χ3v) is 5.14. The van der Waals surface area contributed by atoms with Crippen molar-refractivity contribution < 1.29 is 4.79 Å². The first-order valence-electron chi connectivity index (χ1n) is 6.12. The predicted molar refractivity (Wildman–Crippen MR) is 86.3 cm³/mol. The lowest BCUT2D eigenvalue weighted by Crippen LogP contribution is -2.34. The van der Waals surface area contributed by atoms with Crippen molar-refractivity contribution in [1.29, 1.82) is 0 Å². The van der Waals surface area contributed by atoms with E-state index in [0.29, 0.717) is 10.6 Å². The lowest BCUT2D eigenvalue weighted by atomic mass is 10.1. The maximum Gasteiger partial charge on any atom is 0.263 e. The molecule has 1 aromatic heterocycles. The van der Waals surface area contributed by atoms with Crippen LogP contribution in [0.4, 0.5) is 5.69 Å². The lowest BCUT2D eigenvalue weighted by Gasteiger charge is -2.11. The van der Waals surface area contributed by atoms with E-state index in [1.54, 1.807) is 11.8 Å². The van der Waals surface area contributed by atoms with Crippen LogP contribution in [0.15, 0.2) is 18.2 Å². The highest BCUT2D eigenvalue weighted by molar-refractivity contribution is 7.98. The van der Waals surface area contributed by atoms with Gasteiger partial charge in [0.05, 0.1) is 5.69 Å². The summed E-state index contributed by atoms with van der Waals surface area (Å²) in [5, 5.41) is 3.97. The van der Waals surface area contributed by atoms with E-state index in [4.69, 9.17) is 5.73 Å². The quantitative estimate of drug-likeness (QED) is 0.910. The van der Waals surface area contributed by atoms with Crippen molar-refractivity contribution in [2.45, 2.75) is 19.9 Å². The van der Waals surface area contributed by atoms with Crippen molar-refractivity contribution >= 4 is 44.8 Å². The summed E-state index contributed by atoms with van der Waals surface area (Å²) >= 11 is 3.19. The topological polar surface area (TPSA) is 55.1 Å². The molecule has 3 N–H and O–H groups in total.